The maximum atomic E-state index is 12.3. The van der Waals surface area contributed by atoms with Gasteiger partial charge in [-0.15, -0.1) is 0 Å². The van der Waals surface area contributed by atoms with Gasteiger partial charge in [0, 0.05) is 18.5 Å². The molecule has 3 rings (SSSR count). The number of rotatable bonds is 3. The van der Waals surface area contributed by atoms with Crippen molar-refractivity contribution in [3.8, 4) is 0 Å². The SMILES string of the molecule is COC(=O)C1C2CCC(C[C@@H]1OC(=O)c1ccccc1)N2C. The summed E-state index contributed by atoms with van der Waals surface area (Å²) in [6.45, 7) is 0. The van der Waals surface area contributed by atoms with Crippen molar-refractivity contribution in [1.29, 1.82) is 0 Å². The fourth-order valence-electron chi connectivity index (χ4n) is 3.77. The number of carbonyl (C=O) groups excluding carboxylic acids is 2. The van der Waals surface area contributed by atoms with Crippen LogP contribution in [0.5, 0.6) is 0 Å². The molecule has 5 heteroatoms. The first-order valence-corrected chi connectivity index (χ1v) is 7.67. The highest BCUT2D eigenvalue weighted by atomic mass is 16.6. The van der Waals surface area contributed by atoms with Crippen molar-refractivity contribution in [2.24, 2.45) is 5.92 Å². The Hall–Kier alpha value is -1.88. The molecule has 3 unspecified atom stereocenters. The number of esters is 2. The van der Waals surface area contributed by atoms with E-state index in [9.17, 15) is 9.59 Å². The van der Waals surface area contributed by atoms with Gasteiger partial charge in [-0.05, 0) is 32.0 Å². The van der Waals surface area contributed by atoms with Gasteiger partial charge in [-0.25, -0.2) is 4.79 Å². The van der Waals surface area contributed by atoms with Crippen LogP contribution in [0.1, 0.15) is 29.6 Å². The molecule has 0 spiro atoms. The van der Waals surface area contributed by atoms with E-state index in [0.29, 0.717) is 18.0 Å². The molecule has 2 heterocycles. The first-order valence-electron chi connectivity index (χ1n) is 7.67. The van der Waals surface area contributed by atoms with E-state index in [0.717, 1.165) is 12.8 Å². The third-order valence-corrected chi connectivity index (χ3v) is 4.96. The number of fused-ring (bicyclic) bond motifs is 2. The molecule has 5 nitrogen and oxygen atoms in total. The van der Waals surface area contributed by atoms with Crippen molar-refractivity contribution >= 4 is 11.9 Å². The van der Waals surface area contributed by atoms with Crippen molar-refractivity contribution in [3.05, 3.63) is 35.9 Å². The third-order valence-electron chi connectivity index (χ3n) is 4.96. The Labute approximate surface area is 130 Å². The van der Waals surface area contributed by atoms with E-state index < -0.39 is 12.0 Å². The van der Waals surface area contributed by atoms with Crippen molar-refractivity contribution in [1.82, 2.24) is 4.90 Å². The molecule has 0 N–H and O–H groups in total. The molecule has 118 valence electrons. The number of piperidine rings is 1. The molecule has 4 atom stereocenters. The van der Waals surface area contributed by atoms with Gasteiger partial charge in [-0.3, -0.25) is 9.69 Å². The Morgan fingerprint density at radius 3 is 2.59 bits per heavy atom. The van der Waals surface area contributed by atoms with Crippen molar-refractivity contribution in [3.63, 3.8) is 0 Å². The standard InChI is InChI=1S/C17H21NO4/c1-18-12-8-9-13(18)15(17(20)21-2)14(10-12)22-16(19)11-6-4-3-5-7-11/h3-7,12-15H,8-10H2,1-2H3/t12?,13?,14-,15?/m0/s1. The average molecular weight is 303 g/mol. The third kappa shape index (κ3) is 2.61. The number of hydrogen-bond donors (Lipinski definition) is 0. The first kappa shape index (κ1) is 15.0. The van der Waals surface area contributed by atoms with Crippen LogP contribution in [0.3, 0.4) is 0 Å². The molecule has 0 aromatic heterocycles. The van der Waals surface area contributed by atoms with Crippen LogP contribution in [0.25, 0.3) is 0 Å². The van der Waals surface area contributed by atoms with E-state index in [1.54, 1.807) is 24.3 Å². The zero-order chi connectivity index (χ0) is 15.7. The summed E-state index contributed by atoms with van der Waals surface area (Å²) in [6.07, 6.45) is 2.26. The molecule has 2 fully saturated rings. The van der Waals surface area contributed by atoms with Gasteiger partial charge < -0.3 is 9.47 Å². The summed E-state index contributed by atoms with van der Waals surface area (Å²) in [6, 6.07) is 9.36. The lowest BCUT2D eigenvalue weighted by molar-refractivity contribution is -0.156. The number of hydrogen-bond acceptors (Lipinski definition) is 5. The lowest BCUT2D eigenvalue weighted by Crippen LogP contribution is -2.53. The minimum absolute atomic E-state index is 0.0970. The number of carbonyl (C=O) groups is 2. The van der Waals surface area contributed by atoms with E-state index in [-0.39, 0.29) is 18.0 Å². The van der Waals surface area contributed by atoms with E-state index in [4.69, 9.17) is 9.47 Å². The molecule has 2 aliphatic heterocycles. The van der Waals surface area contributed by atoms with Gasteiger partial charge in [0.25, 0.3) is 0 Å². The molecule has 2 saturated heterocycles. The van der Waals surface area contributed by atoms with Crippen LogP contribution in [0, 0.1) is 5.92 Å². The lowest BCUT2D eigenvalue weighted by atomic mass is 9.87. The second kappa shape index (κ2) is 6.08. The summed E-state index contributed by atoms with van der Waals surface area (Å²) in [5.41, 5.74) is 0.511. The van der Waals surface area contributed by atoms with Crippen LogP contribution in [-0.2, 0) is 14.3 Å². The van der Waals surface area contributed by atoms with Crippen LogP contribution in [-0.4, -0.2) is 49.2 Å². The van der Waals surface area contributed by atoms with E-state index >= 15 is 0 Å². The van der Waals surface area contributed by atoms with E-state index in [1.165, 1.54) is 7.11 Å². The van der Waals surface area contributed by atoms with Gasteiger partial charge in [0.2, 0.25) is 0 Å². The number of benzene rings is 1. The molecule has 0 amide bonds. The molecule has 0 radical (unpaired) electrons. The summed E-state index contributed by atoms with van der Waals surface area (Å²) in [7, 11) is 3.42. The molecule has 0 aliphatic carbocycles. The molecule has 0 saturated carbocycles. The fraction of sp³-hybridized carbons (Fsp3) is 0.529. The van der Waals surface area contributed by atoms with Gasteiger partial charge in [-0.1, -0.05) is 18.2 Å². The van der Waals surface area contributed by atoms with Gasteiger partial charge in [0.1, 0.15) is 12.0 Å². The maximum absolute atomic E-state index is 12.3. The lowest BCUT2D eigenvalue weighted by Gasteiger charge is -2.40. The highest BCUT2D eigenvalue weighted by molar-refractivity contribution is 5.89. The zero-order valence-electron chi connectivity index (χ0n) is 12.9. The Balaban J connectivity index is 1.79. The fourth-order valence-corrected chi connectivity index (χ4v) is 3.77. The highest BCUT2D eigenvalue weighted by Crippen LogP contribution is 2.40. The largest absolute Gasteiger partial charge is 0.469 e. The summed E-state index contributed by atoms with van der Waals surface area (Å²) in [4.78, 5) is 26.7. The van der Waals surface area contributed by atoms with Crippen LogP contribution in [0.2, 0.25) is 0 Å². The van der Waals surface area contributed by atoms with Gasteiger partial charge in [-0.2, -0.15) is 0 Å². The van der Waals surface area contributed by atoms with Crippen molar-refractivity contribution in [2.45, 2.75) is 37.5 Å². The van der Waals surface area contributed by atoms with Gasteiger partial charge >= 0.3 is 11.9 Å². The highest BCUT2D eigenvalue weighted by Gasteiger charge is 2.50. The van der Waals surface area contributed by atoms with E-state index in [2.05, 4.69) is 4.90 Å². The molecule has 2 bridgehead atoms. The van der Waals surface area contributed by atoms with Gasteiger partial charge in [0.05, 0.1) is 12.7 Å². The second-order valence-electron chi connectivity index (χ2n) is 6.06. The quantitative estimate of drug-likeness (QED) is 0.798. The second-order valence-corrected chi connectivity index (χ2v) is 6.06. The van der Waals surface area contributed by atoms with Crippen molar-refractivity contribution in [2.75, 3.05) is 14.2 Å². The maximum Gasteiger partial charge on any atom is 0.338 e. The van der Waals surface area contributed by atoms with Crippen LogP contribution >= 0.6 is 0 Å². The van der Waals surface area contributed by atoms with Crippen molar-refractivity contribution < 1.29 is 19.1 Å². The Kier molecular flexibility index (Phi) is 4.16. The molecular formula is C17H21NO4. The van der Waals surface area contributed by atoms with Crippen LogP contribution in [0.15, 0.2) is 30.3 Å². The van der Waals surface area contributed by atoms with E-state index in [1.807, 2.05) is 13.1 Å². The molecular weight excluding hydrogens is 282 g/mol. The Bertz CT molecular complexity index is 559. The molecule has 22 heavy (non-hydrogen) atoms. The number of ether oxygens (including phenoxy) is 2. The van der Waals surface area contributed by atoms with Gasteiger partial charge in [0.15, 0.2) is 0 Å². The monoisotopic (exact) mass is 303 g/mol. The molecule has 1 aromatic carbocycles. The predicted molar refractivity (Wildman–Crippen MR) is 80.3 cm³/mol. The topological polar surface area (TPSA) is 55.8 Å². The Morgan fingerprint density at radius 2 is 1.91 bits per heavy atom. The summed E-state index contributed by atoms with van der Waals surface area (Å²) < 4.78 is 10.6. The van der Waals surface area contributed by atoms with Crippen LogP contribution < -0.4 is 0 Å². The summed E-state index contributed by atoms with van der Waals surface area (Å²) in [5, 5.41) is 0. The normalized spacial score (nSPS) is 30.8. The Morgan fingerprint density at radius 1 is 1.18 bits per heavy atom. The summed E-state index contributed by atoms with van der Waals surface area (Å²) >= 11 is 0. The average Bonchev–Trinajstić information content (AvgIpc) is 2.78. The smallest absolute Gasteiger partial charge is 0.338 e. The molecule has 1 aromatic rings. The minimum Gasteiger partial charge on any atom is -0.469 e. The predicted octanol–water partition coefficient (Wildman–Crippen LogP) is 1.87. The number of methoxy groups -OCH3 is 1. The summed E-state index contributed by atoms with van der Waals surface area (Å²) in [5.74, 6) is -1.06. The first-order chi connectivity index (χ1) is 10.6. The number of nitrogens with zero attached hydrogens (tertiary/aromatic N) is 1. The molecule has 2 aliphatic rings. The zero-order valence-corrected chi connectivity index (χ0v) is 12.9. The minimum atomic E-state index is -0.408. The van der Waals surface area contributed by atoms with Crippen LogP contribution in [0.4, 0.5) is 0 Å².